The Morgan fingerprint density at radius 2 is 1.15 bits per heavy atom. The van der Waals surface area contributed by atoms with Gasteiger partial charge >= 0.3 is 0 Å². The van der Waals surface area contributed by atoms with Crippen molar-refractivity contribution in [1.82, 2.24) is 25.2 Å². The minimum absolute atomic E-state index is 0.384. The molecule has 0 spiro atoms. The molecule has 0 saturated carbocycles. The van der Waals surface area contributed by atoms with Crippen LogP contribution in [-0.2, 0) is 18.6 Å². The third-order valence-corrected chi connectivity index (χ3v) is 9.81. The molecule has 0 N–H and O–H groups in total. The van der Waals surface area contributed by atoms with Crippen molar-refractivity contribution in [2.45, 2.75) is 25.5 Å². The number of ether oxygens (including phenoxy) is 3. The smallest absolute Gasteiger partial charge is 0.205 e. The molecule has 6 aromatic carbocycles. The van der Waals surface area contributed by atoms with Crippen LogP contribution in [0.3, 0.4) is 0 Å². The van der Waals surface area contributed by atoms with E-state index in [4.69, 9.17) is 34.6 Å². The predicted octanol–water partition coefficient (Wildman–Crippen LogP) is 9.55. The van der Waals surface area contributed by atoms with Crippen molar-refractivity contribution in [2.24, 2.45) is 0 Å². The van der Waals surface area contributed by atoms with E-state index in [1.54, 1.807) is 19.0 Å². The average Bonchev–Trinajstić information content (AvgIpc) is 3.74. The van der Waals surface area contributed by atoms with E-state index in [-0.39, 0.29) is 0 Å². The number of methoxy groups -OCH3 is 2. The van der Waals surface area contributed by atoms with Crippen LogP contribution >= 0.6 is 0 Å². The molecule has 8 rings (SSSR count). The maximum absolute atomic E-state index is 6.44. The van der Waals surface area contributed by atoms with E-state index in [9.17, 15) is 0 Å². The summed E-state index contributed by atoms with van der Waals surface area (Å²) >= 11 is 0. The predicted molar refractivity (Wildman–Crippen MR) is 212 cm³/mol. The molecule has 0 atom stereocenters. The Morgan fingerprint density at radius 1 is 0.593 bits per heavy atom. The molecule has 0 saturated heterocycles. The third kappa shape index (κ3) is 6.32. The summed E-state index contributed by atoms with van der Waals surface area (Å²) in [7, 11) is 3.25. The summed E-state index contributed by atoms with van der Waals surface area (Å²) in [4.78, 5) is 6.56. The quantitative estimate of drug-likeness (QED) is 0.117. The van der Waals surface area contributed by atoms with Gasteiger partial charge in [-0.3, -0.25) is 4.98 Å². The van der Waals surface area contributed by atoms with Gasteiger partial charge in [-0.15, -0.1) is 15.0 Å². The van der Waals surface area contributed by atoms with Gasteiger partial charge in [0, 0.05) is 28.8 Å². The molecule has 0 radical (unpaired) electrons. The van der Waals surface area contributed by atoms with Crippen LogP contribution in [-0.4, -0.2) is 39.4 Å². The van der Waals surface area contributed by atoms with Gasteiger partial charge in [0.15, 0.2) is 17.0 Å². The lowest BCUT2D eigenvalue weighted by Gasteiger charge is -2.34. The second kappa shape index (κ2) is 15.0. The summed E-state index contributed by atoms with van der Waals surface area (Å²) in [5, 5.41) is 15.5. The van der Waals surface area contributed by atoms with Crippen LogP contribution in [0.4, 0.5) is 0 Å². The Balaban J connectivity index is 1.13. The third-order valence-electron chi connectivity index (χ3n) is 9.81. The van der Waals surface area contributed by atoms with E-state index < -0.39 is 5.54 Å². The van der Waals surface area contributed by atoms with Crippen LogP contribution in [0.2, 0.25) is 0 Å². The minimum Gasteiger partial charge on any atom is -0.493 e. The van der Waals surface area contributed by atoms with Crippen LogP contribution in [0.1, 0.15) is 34.9 Å². The summed E-state index contributed by atoms with van der Waals surface area (Å²) in [6.07, 6.45) is 0.781. The maximum atomic E-state index is 6.44. The normalized spacial score (nSPS) is 11.4. The number of pyridine rings is 1. The Kier molecular flexibility index (Phi) is 9.56. The van der Waals surface area contributed by atoms with Crippen LogP contribution in [0, 0.1) is 0 Å². The molecule has 0 fully saturated rings. The number of benzene rings is 6. The summed E-state index contributed by atoms with van der Waals surface area (Å²) in [5.74, 6) is 2.55. The zero-order valence-corrected chi connectivity index (χ0v) is 30.4. The van der Waals surface area contributed by atoms with E-state index in [0.717, 1.165) is 67.7 Å². The molecule has 0 unspecified atom stereocenters. The monoisotopic (exact) mass is 709 g/mol. The fourth-order valence-corrected chi connectivity index (χ4v) is 7.09. The molecular formula is C46H39N5O3. The number of aryl methyl sites for hydroxylation is 1. The first-order valence-electron chi connectivity index (χ1n) is 18.0. The lowest BCUT2D eigenvalue weighted by Crippen LogP contribution is -2.39. The summed E-state index contributed by atoms with van der Waals surface area (Å²) in [6, 6.07) is 53.5. The van der Waals surface area contributed by atoms with Gasteiger partial charge in [0.05, 0.1) is 19.7 Å². The lowest BCUT2D eigenvalue weighted by molar-refractivity contribution is 0.309. The van der Waals surface area contributed by atoms with Gasteiger partial charge in [-0.05, 0) is 51.1 Å². The van der Waals surface area contributed by atoms with E-state index in [2.05, 4.69) is 73.7 Å². The molecule has 0 aliphatic heterocycles. The van der Waals surface area contributed by atoms with Crippen LogP contribution < -0.4 is 14.2 Å². The molecule has 0 bridgehead atoms. The SMILES string of the molecule is CCc1cc(OCc2ccc(-c3ccccc3-c3nnn(C(c4ccccc4)(c4ccccc4)c4ccccc4)n3)cc2)c2cc(OC)c(OC)cc2n1. The molecule has 0 aliphatic carbocycles. The zero-order valence-electron chi connectivity index (χ0n) is 30.4. The molecule has 0 amide bonds. The van der Waals surface area contributed by atoms with Crippen molar-refractivity contribution in [3.05, 3.63) is 186 Å². The number of fused-ring (bicyclic) bond motifs is 1. The number of nitrogens with zero attached hydrogens (tertiary/aromatic N) is 5. The number of hydrogen-bond donors (Lipinski definition) is 0. The van der Waals surface area contributed by atoms with Gasteiger partial charge in [0.25, 0.3) is 0 Å². The maximum Gasteiger partial charge on any atom is 0.205 e. The van der Waals surface area contributed by atoms with Gasteiger partial charge in [0.1, 0.15) is 12.4 Å². The van der Waals surface area contributed by atoms with Gasteiger partial charge in [-0.2, -0.15) is 0 Å². The number of tetrazole rings is 1. The van der Waals surface area contributed by atoms with Crippen molar-refractivity contribution < 1.29 is 14.2 Å². The van der Waals surface area contributed by atoms with Crippen molar-refractivity contribution in [1.29, 1.82) is 0 Å². The Labute approximate surface area is 314 Å². The first kappa shape index (κ1) is 34.3. The highest BCUT2D eigenvalue weighted by Crippen LogP contribution is 2.41. The van der Waals surface area contributed by atoms with E-state index in [0.29, 0.717) is 23.9 Å². The van der Waals surface area contributed by atoms with Gasteiger partial charge < -0.3 is 14.2 Å². The summed E-state index contributed by atoms with van der Waals surface area (Å²) < 4.78 is 17.5. The molecule has 8 aromatic rings. The van der Waals surface area contributed by atoms with E-state index >= 15 is 0 Å². The molecule has 54 heavy (non-hydrogen) atoms. The van der Waals surface area contributed by atoms with Crippen LogP contribution in [0.5, 0.6) is 17.2 Å². The number of rotatable bonds is 12. The molecule has 8 nitrogen and oxygen atoms in total. The standard InChI is InChI=1S/C46H39N5O3/c1-4-37-28-42(40-29-43(52-2)44(53-3)30-41(40)47-37)54-31-32-24-26-33(27-25-32)38-22-14-15-23-39(38)45-48-50-51(49-45)46(34-16-8-5-9-17-34,35-18-10-6-11-19-35)36-20-12-7-13-21-36/h5-30H,4,31H2,1-3H3. The largest absolute Gasteiger partial charge is 0.493 e. The molecule has 2 aromatic heterocycles. The lowest BCUT2D eigenvalue weighted by atomic mass is 9.77. The van der Waals surface area contributed by atoms with Crippen molar-refractivity contribution in [2.75, 3.05) is 14.2 Å². The highest BCUT2D eigenvalue weighted by molar-refractivity contribution is 5.88. The molecule has 0 aliphatic rings. The summed E-state index contributed by atoms with van der Waals surface area (Å²) in [5.41, 5.74) is 7.92. The number of hydrogen-bond acceptors (Lipinski definition) is 7. The Hall–Kier alpha value is -6.80. The highest BCUT2D eigenvalue weighted by Gasteiger charge is 2.41. The molecular weight excluding hydrogens is 671 g/mol. The Bertz CT molecular complexity index is 2410. The van der Waals surface area contributed by atoms with Gasteiger partial charge in [0.2, 0.25) is 5.82 Å². The molecule has 266 valence electrons. The fourth-order valence-electron chi connectivity index (χ4n) is 7.09. The van der Waals surface area contributed by atoms with Gasteiger partial charge in [-0.1, -0.05) is 146 Å². The second-order valence-corrected chi connectivity index (χ2v) is 12.9. The summed E-state index contributed by atoms with van der Waals surface area (Å²) in [6.45, 7) is 2.46. The molecule has 8 heteroatoms. The van der Waals surface area contributed by atoms with Crippen LogP contribution in [0.25, 0.3) is 33.4 Å². The van der Waals surface area contributed by atoms with Crippen LogP contribution in [0.15, 0.2) is 158 Å². The molecule has 2 heterocycles. The first-order chi connectivity index (χ1) is 26.6. The Morgan fingerprint density at radius 3 is 1.72 bits per heavy atom. The second-order valence-electron chi connectivity index (χ2n) is 12.9. The van der Waals surface area contributed by atoms with Gasteiger partial charge in [-0.25, -0.2) is 0 Å². The fraction of sp³-hybridized carbons (Fsp3) is 0.130. The van der Waals surface area contributed by atoms with Crippen molar-refractivity contribution in [3.63, 3.8) is 0 Å². The van der Waals surface area contributed by atoms with E-state index in [1.807, 2.05) is 91.0 Å². The average molecular weight is 710 g/mol. The van der Waals surface area contributed by atoms with Crippen molar-refractivity contribution >= 4 is 10.9 Å². The number of aromatic nitrogens is 5. The highest BCUT2D eigenvalue weighted by atomic mass is 16.5. The van der Waals surface area contributed by atoms with E-state index in [1.165, 1.54) is 0 Å². The van der Waals surface area contributed by atoms with Crippen molar-refractivity contribution in [3.8, 4) is 39.8 Å². The zero-order chi connectivity index (χ0) is 36.9. The first-order valence-corrected chi connectivity index (χ1v) is 18.0. The topological polar surface area (TPSA) is 84.2 Å². The minimum atomic E-state index is -0.860.